The van der Waals surface area contributed by atoms with E-state index in [0.717, 1.165) is 44.0 Å². The molecule has 0 atom stereocenters. The number of carbonyl (C=O) groups excluding carboxylic acids is 1. The molecule has 0 bridgehead atoms. The second kappa shape index (κ2) is 7.00. The zero-order valence-electron chi connectivity index (χ0n) is 15.5. The molecule has 2 aliphatic rings. The van der Waals surface area contributed by atoms with Crippen LogP contribution in [0, 0.1) is 0 Å². The summed E-state index contributed by atoms with van der Waals surface area (Å²) in [5.74, 6) is 3.02. The molecule has 6 nitrogen and oxygen atoms in total. The second-order valence-corrected chi connectivity index (χ2v) is 7.44. The lowest BCUT2D eigenvalue weighted by molar-refractivity contribution is 0.0229. The number of carbonyl (C=O) groups is 1. The summed E-state index contributed by atoms with van der Waals surface area (Å²) in [6.45, 7) is 3.51. The van der Waals surface area contributed by atoms with Gasteiger partial charge in [-0.25, -0.2) is 9.97 Å². The van der Waals surface area contributed by atoms with E-state index in [1.807, 2.05) is 6.92 Å². The van der Waals surface area contributed by atoms with Crippen molar-refractivity contribution in [3.63, 3.8) is 0 Å². The molecule has 2 aliphatic heterocycles. The van der Waals surface area contributed by atoms with Gasteiger partial charge in [0.1, 0.15) is 33.9 Å². The summed E-state index contributed by atoms with van der Waals surface area (Å²) in [6.07, 6.45) is 2.64. The maximum Gasteiger partial charge on any atom is 0.170 e. The molecule has 1 spiro atoms. The number of anilines is 1. The Hall–Kier alpha value is -2.34. The number of ether oxygens (including phenoxy) is 2. The molecule has 7 heteroatoms. The zero-order valence-corrected chi connectivity index (χ0v) is 16.3. The first-order valence-corrected chi connectivity index (χ1v) is 9.58. The molecule has 1 fully saturated rings. The van der Waals surface area contributed by atoms with E-state index in [2.05, 4.69) is 14.9 Å². The first kappa shape index (κ1) is 18.0. The van der Waals surface area contributed by atoms with E-state index < -0.39 is 5.60 Å². The van der Waals surface area contributed by atoms with Crippen molar-refractivity contribution in [3.8, 4) is 11.5 Å². The predicted molar refractivity (Wildman–Crippen MR) is 103 cm³/mol. The summed E-state index contributed by atoms with van der Waals surface area (Å²) in [7, 11) is 1.61. The summed E-state index contributed by atoms with van der Waals surface area (Å²) < 4.78 is 11.6. The molecule has 0 saturated carbocycles. The highest BCUT2D eigenvalue weighted by atomic mass is 35.5. The fourth-order valence-electron chi connectivity index (χ4n) is 3.80. The maximum absolute atomic E-state index is 12.7. The molecular weight excluding hydrogens is 366 g/mol. The smallest absolute Gasteiger partial charge is 0.170 e. The highest BCUT2D eigenvalue weighted by molar-refractivity contribution is 6.29. The van der Waals surface area contributed by atoms with Crippen molar-refractivity contribution in [2.75, 3.05) is 25.1 Å². The number of Topliss-reactive ketones (excluding diaryl/α,β-unsaturated/α-hetero) is 1. The number of nitrogens with zero attached hydrogens (tertiary/aromatic N) is 3. The van der Waals surface area contributed by atoms with Crippen LogP contribution in [0.15, 0.2) is 24.3 Å². The zero-order chi connectivity index (χ0) is 19.0. The molecule has 0 radical (unpaired) electrons. The Morgan fingerprint density at radius 3 is 2.74 bits per heavy atom. The first-order valence-electron chi connectivity index (χ1n) is 9.20. The lowest BCUT2D eigenvalue weighted by Gasteiger charge is -2.44. The average molecular weight is 388 g/mol. The van der Waals surface area contributed by atoms with Crippen LogP contribution in [-0.4, -0.2) is 41.6 Å². The van der Waals surface area contributed by atoms with Crippen LogP contribution < -0.4 is 14.4 Å². The Morgan fingerprint density at radius 2 is 2.04 bits per heavy atom. The number of hydrogen-bond donors (Lipinski definition) is 0. The fourth-order valence-corrected chi connectivity index (χ4v) is 3.99. The Bertz CT molecular complexity index is 879. The van der Waals surface area contributed by atoms with Crippen LogP contribution in [0.2, 0.25) is 5.15 Å². The van der Waals surface area contributed by atoms with E-state index in [1.54, 1.807) is 31.4 Å². The Morgan fingerprint density at radius 1 is 1.26 bits per heavy atom. The van der Waals surface area contributed by atoms with E-state index in [4.69, 9.17) is 21.1 Å². The summed E-state index contributed by atoms with van der Waals surface area (Å²) in [5, 5.41) is 0.460. The summed E-state index contributed by atoms with van der Waals surface area (Å²) in [5.41, 5.74) is 0.177. The SMILES string of the molecule is CCc1nc(Cl)cc(N2CCC3(CC2)CC(=O)c2ccc(OC)cc2O3)n1. The van der Waals surface area contributed by atoms with Gasteiger partial charge in [-0.15, -0.1) is 0 Å². The first-order chi connectivity index (χ1) is 13.0. The summed E-state index contributed by atoms with van der Waals surface area (Å²) in [4.78, 5) is 23.7. The van der Waals surface area contributed by atoms with Gasteiger partial charge in [-0.1, -0.05) is 18.5 Å². The Balaban J connectivity index is 1.53. The van der Waals surface area contributed by atoms with Gasteiger partial charge < -0.3 is 14.4 Å². The molecule has 1 aromatic carbocycles. The van der Waals surface area contributed by atoms with Crippen molar-refractivity contribution in [2.24, 2.45) is 0 Å². The topological polar surface area (TPSA) is 64.6 Å². The number of halogens is 1. The van der Waals surface area contributed by atoms with E-state index in [-0.39, 0.29) is 5.78 Å². The third kappa shape index (κ3) is 3.46. The molecule has 0 amide bonds. The van der Waals surface area contributed by atoms with E-state index in [1.165, 1.54) is 0 Å². The Labute approximate surface area is 163 Å². The van der Waals surface area contributed by atoms with Crippen LogP contribution in [0.25, 0.3) is 0 Å². The summed E-state index contributed by atoms with van der Waals surface area (Å²) >= 11 is 6.14. The molecular formula is C20H22ClN3O3. The van der Waals surface area contributed by atoms with Crippen molar-refractivity contribution < 1.29 is 14.3 Å². The van der Waals surface area contributed by atoms with E-state index in [9.17, 15) is 4.79 Å². The van der Waals surface area contributed by atoms with Crippen molar-refractivity contribution in [3.05, 3.63) is 40.8 Å². The third-order valence-corrected chi connectivity index (χ3v) is 5.53. The van der Waals surface area contributed by atoms with Gasteiger partial charge in [-0.2, -0.15) is 0 Å². The van der Waals surface area contributed by atoms with Gasteiger partial charge in [0.05, 0.1) is 19.1 Å². The number of hydrogen-bond acceptors (Lipinski definition) is 6. The molecule has 0 aliphatic carbocycles. The molecule has 27 heavy (non-hydrogen) atoms. The minimum atomic E-state index is -0.461. The fraction of sp³-hybridized carbons (Fsp3) is 0.450. The summed E-state index contributed by atoms with van der Waals surface area (Å²) in [6, 6.07) is 7.18. The largest absolute Gasteiger partial charge is 0.497 e. The third-order valence-electron chi connectivity index (χ3n) is 5.34. The number of benzene rings is 1. The van der Waals surface area contributed by atoms with Gasteiger partial charge in [0.2, 0.25) is 0 Å². The maximum atomic E-state index is 12.7. The molecule has 1 saturated heterocycles. The highest BCUT2D eigenvalue weighted by Gasteiger charge is 2.43. The molecule has 0 N–H and O–H groups in total. The van der Waals surface area contributed by atoms with Crippen molar-refractivity contribution >= 4 is 23.2 Å². The molecule has 2 aromatic rings. The normalized spacial score (nSPS) is 18.2. The van der Waals surface area contributed by atoms with Gasteiger partial charge in [-0.3, -0.25) is 4.79 Å². The van der Waals surface area contributed by atoms with E-state index >= 15 is 0 Å². The number of ketones is 1. The van der Waals surface area contributed by atoms with Crippen molar-refractivity contribution in [2.45, 2.75) is 38.2 Å². The van der Waals surface area contributed by atoms with Gasteiger partial charge in [-0.05, 0) is 12.1 Å². The predicted octanol–water partition coefficient (Wildman–Crippen LogP) is 3.71. The van der Waals surface area contributed by atoms with E-state index in [0.29, 0.717) is 28.6 Å². The lowest BCUT2D eigenvalue weighted by atomic mass is 9.82. The minimum absolute atomic E-state index is 0.130. The molecule has 4 rings (SSSR count). The molecule has 1 aromatic heterocycles. The average Bonchev–Trinajstić information content (AvgIpc) is 2.67. The van der Waals surface area contributed by atoms with Gasteiger partial charge in [0.25, 0.3) is 0 Å². The van der Waals surface area contributed by atoms with Gasteiger partial charge in [0.15, 0.2) is 5.78 Å². The highest BCUT2D eigenvalue weighted by Crippen LogP contribution is 2.41. The number of methoxy groups -OCH3 is 1. The molecule has 0 unspecified atom stereocenters. The molecule has 3 heterocycles. The number of aromatic nitrogens is 2. The van der Waals surface area contributed by atoms with Crippen molar-refractivity contribution in [1.82, 2.24) is 9.97 Å². The van der Waals surface area contributed by atoms with Crippen LogP contribution in [0.3, 0.4) is 0 Å². The van der Waals surface area contributed by atoms with Crippen LogP contribution >= 0.6 is 11.6 Å². The quantitative estimate of drug-likeness (QED) is 0.748. The van der Waals surface area contributed by atoms with Crippen LogP contribution in [0.5, 0.6) is 11.5 Å². The van der Waals surface area contributed by atoms with Crippen LogP contribution in [-0.2, 0) is 6.42 Å². The Kier molecular flexibility index (Phi) is 4.68. The van der Waals surface area contributed by atoms with Gasteiger partial charge in [0, 0.05) is 44.5 Å². The number of fused-ring (bicyclic) bond motifs is 1. The lowest BCUT2D eigenvalue weighted by Crippen LogP contribution is -2.51. The standard InChI is InChI=1S/C20H22ClN3O3/c1-3-18-22-17(21)11-19(23-18)24-8-6-20(7-9-24)12-15(25)14-5-4-13(26-2)10-16(14)27-20/h4-5,10-11H,3,6-9,12H2,1-2H3. The second-order valence-electron chi connectivity index (χ2n) is 7.05. The minimum Gasteiger partial charge on any atom is -0.497 e. The monoisotopic (exact) mass is 387 g/mol. The number of aryl methyl sites for hydroxylation is 1. The van der Waals surface area contributed by atoms with Gasteiger partial charge >= 0.3 is 0 Å². The van der Waals surface area contributed by atoms with Crippen molar-refractivity contribution in [1.29, 1.82) is 0 Å². The number of piperidine rings is 1. The number of rotatable bonds is 3. The van der Waals surface area contributed by atoms with Crippen LogP contribution in [0.4, 0.5) is 5.82 Å². The molecule has 142 valence electrons. The van der Waals surface area contributed by atoms with Crippen LogP contribution in [0.1, 0.15) is 42.4 Å².